The van der Waals surface area contributed by atoms with Gasteiger partial charge in [-0.25, -0.2) is 9.59 Å². The third kappa shape index (κ3) is 5.18. The minimum absolute atomic E-state index is 0.152. The molecule has 0 amide bonds. The zero-order valence-corrected chi connectivity index (χ0v) is 9.44. The van der Waals surface area contributed by atoms with E-state index in [0.29, 0.717) is 5.75 Å². The van der Waals surface area contributed by atoms with Crippen LogP contribution < -0.4 is 0 Å². The van der Waals surface area contributed by atoms with E-state index in [1.165, 1.54) is 6.92 Å². The number of rotatable bonds is 6. The summed E-state index contributed by atoms with van der Waals surface area (Å²) in [5, 5.41) is 8.67. The van der Waals surface area contributed by atoms with Crippen molar-refractivity contribution in [3.05, 3.63) is 12.7 Å². The topological polar surface area (TPSA) is 63.6 Å². The van der Waals surface area contributed by atoms with Gasteiger partial charge >= 0.3 is 11.9 Å². The van der Waals surface area contributed by atoms with E-state index in [4.69, 9.17) is 5.11 Å². The van der Waals surface area contributed by atoms with Crippen LogP contribution in [0.5, 0.6) is 0 Å². The van der Waals surface area contributed by atoms with Gasteiger partial charge in [0.1, 0.15) is 6.61 Å². The predicted octanol–water partition coefficient (Wildman–Crippen LogP) is 1.18. The number of esters is 1. The minimum Gasteiger partial charge on any atom is -0.480 e. The number of ether oxygens (including phenoxy) is 1. The molecule has 0 aliphatic heterocycles. The highest BCUT2D eigenvalue weighted by atomic mass is 32.2. The SMILES string of the molecule is C=CC(=O)OCCSC(C)(S)C(=O)O. The number of thioether (sulfide) groups is 1. The molecule has 0 radical (unpaired) electrons. The van der Waals surface area contributed by atoms with Gasteiger partial charge in [-0.1, -0.05) is 6.58 Å². The van der Waals surface area contributed by atoms with Crippen molar-refractivity contribution in [3.8, 4) is 0 Å². The monoisotopic (exact) mass is 236 g/mol. The first-order chi connectivity index (χ1) is 6.40. The molecule has 4 nitrogen and oxygen atoms in total. The van der Waals surface area contributed by atoms with Crippen molar-refractivity contribution in [1.82, 2.24) is 0 Å². The molecule has 0 aliphatic rings. The van der Waals surface area contributed by atoms with Gasteiger partial charge in [0.05, 0.1) is 0 Å². The lowest BCUT2D eigenvalue weighted by atomic mass is 10.5. The Morgan fingerprint density at radius 1 is 1.71 bits per heavy atom. The number of carboxylic acids is 1. The van der Waals surface area contributed by atoms with Gasteiger partial charge in [-0.05, 0) is 6.92 Å². The van der Waals surface area contributed by atoms with Gasteiger partial charge < -0.3 is 9.84 Å². The van der Waals surface area contributed by atoms with Crippen molar-refractivity contribution in [2.24, 2.45) is 0 Å². The Labute approximate surface area is 92.1 Å². The highest BCUT2D eigenvalue weighted by molar-refractivity contribution is 8.12. The smallest absolute Gasteiger partial charge is 0.330 e. The number of hydrogen-bond donors (Lipinski definition) is 2. The molecule has 0 aromatic carbocycles. The van der Waals surface area contributed by atoms with E-state index in [2.05, 4.69) is 23.9 Å². The van der Waals surface area contributed by atoms with Gasteiger partial charge in [0.25, 0.3) is 0 Å². The Hall–Kier alpha value is -0.620. The Morgan fingerprint density at radius 2 is 2.29 bits per heavy atom. The highest BCUT2D eigenvalue weighted by Crippen LogP contribution is 2.28. The maximum atomic E-state index is 10.6. The van der Waals surface area contributed by atoms with Crippen LogP contribution in [-0.4, -0.2) is 33.5 Å². The van der Waals surface area contributed by atoms with Gasteiger partial charge in [-0.3, -0.25) is 0 Å². The number of aliphatic carboxylic acids is 1. The average Bonchev–Trinajstić information content (AvgIpc) is 2.11. The normalized spacial score (nSPS) is 14.1. The summed E-state index contributed by atoms with van der Waals surface area (Å²) < 4.78 is 3.51. The maximum Gasteiger partial charge on any atom is 0.330 e. The fraction of sp³-hybridized carbons (Fsp3) is 0.500. The quantitative estimate of drug-likeness (QED) is 0.238. The number of carbonyl (C=O) groups is 2. The molecule has 0 aliphatic carbocycles. The Kier molecular flexibility index (Phi) is 5.71. The number of hydrogen-bond acceptors (Lipinski definition) is 5. The number of thiol groups is 1. The molecule has 1 unspecified atom stereocenters. The molecule has 0 saturated heterocycles. The van der Waals surface area contributed by atoms with E-state index in [0.717, 1.165) is 17.8 Å². The molecule has 14 heavy (non-hydrogen) atoms. The number of carboxylic acid groups (broad SMARTS) is 1. The summed E-state index contributed by atoms with van der Waals surface area (Å²) in [4.78, 5) is 21.2. The van der Waals surface area contributed by atoms with Crippen LogP contribution >= 0.6 is 24.4 Å². The molecule has 0 bridgehead atoms. The second kappa shape index (κ2) is 5.98. The molecule has 0 saturated carbocycles. The van der Waals surface area contributed by atoms with Crippen LogP contribution in [0.2, 0.25) is 0 Å². The summed E-state index contributed by atoms with van der Waals surface area (Å²) in [5.74, 6) is -1.14. The first kappa shape index (κ1) is 13.4. The van der Waals surface area contributed by atoms with Gasteiger partial charge in [0.15, 0.2) is 4.08 Å². The van der Waals surface area contributed by atoms with Crippen LogP contribution in [0, 0.1) is 0 Å². The molecular formula is C8H12O4S2. The Bertz CT molecular complexity index is 237. The molecule has 0 spiro atoms. The lowest BCUT2D eigenvalue weighted by molar-refractivity contribution is -0.137. The molecule has 6 heteroatoms. The molecule has 1 atom stereocenters. The third-order valence-electron chi connectivity index (χ3n) is 1.27. The van der Waals surface area contributed by atoms with Crippen LogP contribution in [0.3, 0.4) is 0 Å². The maximum absolute atomic E-state index is 10.6. The fourth-order valence-corrected chi connectivity index (χ4v) is 1.46. The lowest BCUT2D eigenvalue weighted by Gasteiger charge is -2.16. The number of carbonyl (C=O) groups excluding carboxylic acids is 1. The van der Waals surface area contributed by atoms with E-state index >= 15 is 0 Å². The summed E-state index contributed by atoms with van der Waals surface area (Å²) in [6.07, 6.45) is 1.06. The van der Waals surface area contributed by atoms with Crippen molar-refractivity contribution < 1.29 is 19.4 Å². The standard InChI is InChI=1S/C8H12O4S2/c1-3-6(9)12-4-5-14-8(2,13)7(10)11/h3,13H,1,4-5H2,2H3,(H,10,11). The molecular weight excluding hydrogens is 224 g/mol. The van der Waals surface area contributed by atoms with Crippen LogP contribution in [0.15, 0.2) is 12.7 Å². The Balaban J connectivity index is 3.69. The zero-order valence-electron chi connectivity index (χ0n) is 7.73. The largest absolute Gasteiger partial charge is 0.480 e. The molecule has 0 heterocycles. The second-order valence-electron chi connectivity index (χ2n) is 2.51. The highest BCUT2D eigenvalue weighted by Gasteiger charge is 2.28. The van der Waals surface area contributed by atoms with Crippen molar-refractivity contribution in [3.63, 3.8) is 0 Å². The molecule has 0 aromatic rings. The van der Waals surface area contributed by atoms with Gasteiger partial charge in [0.2, 0.25) is 0 Å². The first-order valence-electron chi connectivity index (χ1n) is 3.79. The van der Waals surface area contributed by atoms with Gasteiger partial charge in [-0.15, -0.1) is 11.8 Å². The second-order valence-corrected chi connectivity index (χ2v) is 5.22. The summed E-state index contributed by atoms with van der Waals surface area (Å²) in [7, 11) is 0. The van der Waals surface area contributed by atoms with Crippen LogP contribution in [0.1, 0.15) is 6.92 Å². The summed E-state index contributed by atoms with van der Waals surface area (Å²) in [6, 6.07) is 0. The zero-order chi connectivity index (χ0) is 11.2. The van der Waals surface area contributed by atoms with E-state index in [1.807, 2.05) is 0 Å². The molecule has 1 N–H and O–H groups in total. The van der Waals surface area contributed by atoms with Gasteiger partial charge in [0, 0.05) is 11.8 Å². The predicted molar refractivity (Wildman–Crippen MR) is 58.6 cm³/mol. The van der Waals surface area contributed by atoms with E-state index in [1.54, 1.807) is 0 Å². The third-order valence-corrected chi connectivity index (χ3v) is 2.96. The molecule has 0 fully saturated rings. The van der Waals surface area contributed by atoms with E-state index < -0.39 is 16.0 Å². The molecule has 80 valence electrons. The van der Waals surface area contributed by atoms with Crippen molar-refractivity contribution >= 4 is 36.3 Å². The fourth-order valence-electron chi connectivity index (χ4n) is 0.503. The average molecular weight is 236 g/mol. The lowest BCUT2D eigenvalue weighted by Crippen LogP contribution is -2.25. The van der Waals surface area contributed by atoms with Crippen LogP contribution in [-0.2, 0) is 14.3 Å². The summed E-state index contributed by atoms with van der Waals surface area (Å²) in [5.41, 5.74) is 0. The minimum atomic E-state index is -1.15. The van der Waals surface area contributed by atoms with E-state index in [9.17, 15) is 9.59 Å². The molecule has 0 aromatic heterocycles. The van der Waals surface area contributed by atoms with Crippen LogP contribution in [0.4, 0.5) is 0 Å². The van der Waals surface area contributed by atoms with Crippen molar-refractivity contribution in [2.75, 3.05) is 12.4 Å². The Morgan fingerprint density at radius 3 is 2.71 bits per heavy atom. The summed E-state index contributed by atoms with van der Waals surface area (Å²) in [6.45, 7) is 4.85. The van der Waals surface area contributed by atoms with Crippen molar-refractivity contribution in [1.29, 1.82) is 0 Å². The van der Waals surface area contributed by atoms with Crippen LogP contribution in [0.25, 0.3) is 0 Å². The van der Waals surface area contributed by atoms with E-state index in [-0.39, 0.29) is 6.61 Å². The molecule has 0 rings (SSSR count). The summed E-state index contributed by atoms with van der Waals surface area (Å²) >= 11 is 5.02. The first-order valence-corrected chi connectivity index (χ1v) is 5.22. The van der Waals surface area contributed by atoms with Crippen molar-refractivity contribution in [2.45, 2.75) is 11.0 Å². The van der Waals surface area contributed by atoms with Gasteiger partial charge in [-0.2, -0.15) is 12.6 Å².